The van der Waals surface area contributed by atoms with E-state index in [0.29, 0.717) is 35.4 Å². The van der Waals surface area contributed by atoms with Gasteiger partial charge in [0.15, 0.2) is 0 Å². The Morgan fingerprint density at radius 3 is 2.61 bits per heavy atom. The first-order chi connectivity index (χ1) is 10.6. The van der Waals surface area contributed by atoms with Gasteiger partial charge in [0.2, 0.25) is 5.91 Å². The molecule has 0 saturated carbocycles. The van der Waals surface area contributed by atoms with Crippen molar-refractivity contribution in [2.45, 2.75) is 26.2 Å². The number of ether oxygens (including phenoxy) is 2. The Kier molecular flexibility index (Phi) is 8.20. The molecule has 0 radical (unpaired) electrons. The molecule has 1 atom stereocenters. The third kappa shape index (κ3) is 5.59. The first-order valence-corrected chi connectivity index (χ1v) is 7.86. The van der Waals surface area contributed by atoms with Crippen molar-refractivity contribution in [3.05, 3.63) is 18.2 Å². The van der Waals surface area contributed by atoms with Gasteiger partial charge in [-0.25, -0.2) is 0 Å². The van der Waals surface area contributed by atoms with Gasteiger partial charge in [-0.15, -0.1) is 12.4 Å². The summed E-state index contributed by atoms with van der Waals surface area (Å²) in [6, 6.07) is 5.39. The molecular formula is C17H27ClN2O3. The van der Waals surface area contributed by atoms with Crippen LogP contribution in [0.25, 0.3) is 0 Å². The van der Waals surface area contributed by atoms with Crippen molar-refractivity contribution in [1.82, 2.24) is 5.32 Å². The van der Waals surface area contributed by atoms with Crippen LogP contribution in [0.5, 0.6) is 11.5 Å². The van der Waals surface area contributed by atoms with Gasteiger partial charge < -0.3 is 20.1 Å². The topological polar surface area (TPSA) is 59.6 Å². The quantitative estimate of drug-likeness (QED) is 0.834. The Morgan fingerprint density at radius 2 is 2.00 bits per heavy atom. The molecule has 1 fully saturated rings. The molecule has 0 aromatic heterocycles. The number of piperidine rings is 1. The summed E-state index contributed by atoms with van der Waals surface area (Å²) < 4.78 is 10.5. The maximum Gasteiger partial charge on any atom is 0.224 e. The second-order valence-electron chi connectivity index (χ2n) is 5.88. The van der Waals surface area contributed by atoms with E-state index in [1.54, 1.807) is 20.3 Å². The van der Waals surface area contributed by atoms with Gasteiger partial charge in [0.05, 0.1) is 19.9 Å². The molecule has 1 aromatic carbocycles. The molecule has 1 saturated heterocycles. The number of hydrogen-bond donors (Lipinski definition) is 2. The normalized spacial score (nSPS) is 16.1. The lowest BCUT2D eigenvalue weighted by Gasteiger charge is -2.28. The van der Waals surface area contributed by atoms with Crippen LogP contribution in [0.3, 0.4) is 0 Å². The number of carbonyl (C=O) groups excluding carboxylic acids is 1. The standard InChI is InChI=1S/C17H26N2O3.ClH/c1-12(13-6-8-18-9-7-13)10-17(20)19-15-5-4-14(21-2)11-16(15)22-3;/h4-5,11-13,18H,6-10H2,1-3H3,(H,19,20);1H. The van der Waals surface area contributed by atoms with Crippen LogP contribution in [0.1, 0.15) is 26.2 Å². The highest BCUT2D eigenvalue weighted by molar-refractivity contribution is 5.92. The molecule has 1 aromatic rings. The predicted octanol–water partition coefficient (Wildman–Crippen LogP) is 3.09. The number of amides is 1. The lowest BCUT2D eigenvalue weighted by molar-refractivity contribution is -0.117. The molecule has 6 heteroatoms. The maximum absolute atomic E-state index is 12.3. The van der Waals surface area contributed by atoms with E-state index in [1.807, 2.05) is 12.1 Å². The molecule has 0 aliphatic carbocycles. The molecule has 2 N–H and O–H groups in total. The molecule has 2 rings (SSSR count). The van der Waals surface area contributed by atoms with E-state index < -0.39 is 0 Å². The Labute approximate surface area is 144 Å². The average molecular weight is 343 g/mol. The van der Waals surface area contributed by atoms with Gasteiger partial charge >= 0.3 is 0 Å². The van der Waals surface area contributed by atoms with E-state index in [4.69, 9.17) is 9.47 Å². The van der Waals surface area contributed by atoms with Gasteiger partial charge in [0.25, 0.3) is 0 Å². The van der Waals surface area contributed by atoms with Crippen molar-refractivity contribution in [3.8, 4) is 11.5 Å². The summed E-state index contributed by atoms with van der Waals surface area (Å²) in [7, 11) is 3.19. The van der Waals surface area contributed by atoms with E-state index in [-0.39, 0.29) is 18.3 Å². The predicted molar refractivity (Wildman–Crippen MR) is 94.8 cm³/mol. The highest BCUT2D eigenvalue weighted by Crippen LogP contribution is 2.30. The third-order valence-corrected chi connectivity index (χ3v) is 4.38. The first kappa shape index (κ1) is 19.6. The zero-order valence-electron chi connectivity index (χ0n) is 14.1. The monoisotopic (exact) mass is 342 g/mol. The molecule has 23 heavy (non-hydrogen) atoms. The van der Waals surface area contributed by atoms with Crippen molar-refractivity contribution in [1.29, 1.82) is 0 Å². The first-order valence-electron chi connectivity index (χ1n) is 7.86. The van der Waals surface area contributed by atoms with Crippen molar-refractivity contribution in [2.75, 3.05) is 32.6 Å². The van der Waals surface area contributed by atoms with E-state index in [0.717, 1.165) is 25.9 Å². The Morgan fingerprint density at radius 1 is 1.30 bits per heavy atom. The second kappa shape index (κ2) is 9.63. The molecule has 1 unspecified atom stereocenters. The smallest absolute Gasteiger partial charge is 0.224 e. The van der Waals surface area contributed by atoms with Crippen molar-refractivity contribution >= 4 is 24.0 Å². The lowest BCUT2D eigenvalue weighted by Crippen LogP contribution is -2.32. The van der Waals surface area contributed by atoms with Gasteiger partial charge in [-0.1, -0.05) is 6.92 Å². The largest absolute Gasteiger partial charge is 0.497 e. The highest BCUT2D eigenvalue weighted by atomic mass is 35.5. The Hall–Kier alpha value is -1.46. The van der Waals surface area contributed by atoms with Gasteiger partial charge in [0.1, 0.15) is 11.5 Å². The minimum absolute atomic E-state index is 0. The number of anilines is 1. The fraction of sp³-hybridized carbons (Fsp3) is 0.588. The number of methoxy groups -OCH3 is 2. The minimum atomic E-state index is 0. The van der Waals surface area contributed by atoms with Gasteiger partial charge in [0, 0.05) is 12.5 Å². The number of hydrogen-bond acceptors (Lipinski definition) is 4. The fourth-order valence-electron chi connectivity index (χ4n) is 2.98. The summed E-state index contributed by atoms with van der Waals surface area (Å²) in [4.78, 5) is 12.3. The molecule has 0 spiro atoms. The lowest BCUT2D eigenvalue weighted by atomic mass is 9.84. The van der Waals surface area contributed by atoms with Gasteiger partial charge in [-0.3, -0.25) is 4.79 Å². The highest BCUT2D eigenvalue weighted by Gasteiger charge is 2.22. The molecule has 1 aliphatic heterocycles. The van der Waals surface area contributed by atoms with E-state index in [2.05, 4.69) is 17.6 Å². The van der Waals surface area contributed by atoms with E-state index in [9.17, 15) is 4.79 Å². The second-order valence-corrected chi connectivity index (χ2v) is 5.88. The molecule has 1 amide bonds. The van der Waals surface area contributed by atoms with Crippen LogP contribution < -0.4 is 20.1 Å². The van der Waals surface area contributed by atoms with Crippen LogP contribution in [0.15, 0.2) is 18.2 Å². The average Bonchev–Trinajstić information content (AvgIpc) is 2.55. The fourth-order valence-corrected chi connectivity index (χ4v) is 2.98. The van der Waals surface area contributed by atoms with Crippen molar-refractivity contribution in [3.63, 3.8) is 0 Å². The van der Waals surface area contributed by atoms with Crippen molar-refractivity contribution < 1.29 is 14.3 Å². The SMILES string of the molecule is COc1ccc(NC(=O)CC(C)C2CCNCC2)c(OC)c1.Cl. The molecule has 1 heterocycles. The van der Waals surface area contributed by atoms with Crippen LogP contribution in [0, 0.1) is 11.8 Å². The number of nitrogens with one attached hydrogen (secondary N) is 2. The van der Waals surface area contributed by atoms with Gasteiger partial charge in [-0.05, 0) is 49.9 Å². The van der Waals surface area contributed by atoms with Crippen LogP contribution in [-0.2, 0) is 4.79 Å². The molecule has 130 valence electrons. The Balaban J connectivity index is 0.00000264. The number of carbonyl (C=O) groups is 1. The minimum Gasteiger partial charge on any atom is -0.497 e. The summed E-state index contributed by atoms with van der Waals surface area (Å²) in [6.07, 6.45) is 2.85. The van der Waals surface area contributed by atoms with Crippen LogP contribution >= 0.6 is 12.4 Å². The third-order valence-electron chi connectivity index (χ3n) is 4.38. The molecular weight excluding hydrogens is 316 g/mol. The maximum atomic E-state index is 12.3. The van der Waals surface area contributed by atoms with Crippen molar-refractivity contribution in [2.24, 2.45) is 11.8 Å². The summed E-state index contributed by atoms with van der Waals surface area (Å²) in [5.74, 6) is 2.38. The number of rotatable bonds is 6. The zero-order valence-corrected chi connectivity index (χ0v) is 14.9. The van der Waals surface area contributed by atoms with Crippen LogP contribution in [-0.4, -0.2) is 33.2 Å². The zero-order chi connectivity index (χ0) is 15.9. The van der Waals surface area contributed by atoms with E-state index >= 15 is 0 Å². The Bertz CT molecular complexity index is 505. The summed E-state index contributed by atoms with van der Waals surface area (Å²) in [6.45, 7) is 4.28. The van der Waals surface area contributed by atoms with Gasteiger partial charge in [-0.2, -0.15) is 0 Å². The molecule has 1 aliphatic rings. The van der Waals surface area contributed by atoms with E-state index in [1.165, 1.54) is 0 Å². The van der Waals surface area contributed by atoms with Crippen LogP contribution in [0.4, 0.5) is 5.69 Å². The van der Waals surface area contributed by atoms with Crippen LogP contribution in [0.2, 0.25) is 0 Å². The molecule has 0 bridgehead atoms. The summed E-state index contributed by atoms with van der Waals surface area (Å²) in [5, 5.41) is 6.31. The summed E-state index contributed by atoms with van der Waals surface area (Å²) in [5.41, 5.74) is 0.686. The molecule has 5 nitrogen and oxygen atoms in total. The number of benzene rings is 1. The number of halogens is 1. The summed E-state index contributed by atoms with van der Waals surface area (Å²) >= 11 is 0.